The first-order chi connectivity index (χ1) is 14.3. The molecule has 160 valence electrons. The summed E-state index contributed by atoms with van der Waals surface area (Å²) in [7, 11) is -2.30. The number of benzene rings is 2. The number of hydrogen-bond acceptors (Lipinski definition) is 6. The number of hydrogen-bond donors (Lipinski definition) is 3. The third-order valence-corrected chi connectivity index (χ3v) is 7.32. The first kappa shape index (κ1) is 23.0. The molecular weight excluding hydrogens is 515 g/mol. The molecule has 0 saturated carbocycles. The maximum atomic E-state index is 14.6. The molecule has 1 unspecified atom stereocenters. The quantitative estimate of drug-likeness (QED) is 0.370. The number of likely N-dealkylation sites (N-methyl/N-ethyl adjacent to an activating group) is 1. The summed E-state index contributed by atoms with van der Waals surface area (Å²) in [5, 5.41) is 8.17. The van der Waals surface area contributed by atoms with Crippen molar-refractivity contribution in [1.29, 1.82) is 0 Å². The van der Waals surface area contributed by atoms with Crippen molar-refractivity contribution < 1.29 is 12.8 Å². The van der Waals surface area contributed by atoms with Gasteiger partial charge in [-0.2, -0.15) is 0 Å². The summed E-state index contributed by atoms with van der Waals surface area (Å²) < 4.78 is 42.7. The van der Waals surface area contributed by atoms with Crippen LogP contribution in [0.2, 0.25) is 5.02 Å². The Balaban J connectivity index is 1.70. The second kappa shape index (κ2) is 10.1. The summed E-state index contributed by atoms with van der Waals surface area (Å²) in [4.78, 5) is 3.31. The van der Waals surface area contributed by atoms with Gasteiger partial charge in [-0.1, -0.05) is 39.7 Å². The molecule has 3 aromatic rings. The molecule has 0 aliphatic heterocycles. The summed E-state index contributed by atoms with van der Waals surface area (Å²) in [6.07, 6.45) is 2.20. The molecule has 30 heavy (non-hydrogen) atoms. The standard InChI is InChI=1S/C19H19BrClFN4O2S2/c1-23-14(8-12-2-4-13(20)5-3-12)11-25-17-10-16(22)18(9-15(17)21)30(27,28)26-19-24-6-7-29-19/h2-7,9-10,14,23,25H,8,11H2,1H3,(H,24,26). The molecule has 0 spiro atoms. The summed E-state index contributed by atoms with van der Waals surface area (Å²) in [5.41, 5.74) is 1.46. The number of nitrogens with one attached hydrogen (secondary N) is 3. The Kier molecular flexibility index (Phi) is 7.70. The highest BCUT2D eigenvalue weighted by Gasteiger charge is 2.22. The fourth-order valence-corrected chi connectivity index (χ4v) is 5.16. The van der Waals surface area contributed by atoms with Crippen LogP contribution in [-0.4, -0.2) is 33.0 Å². The van der Waals surface area contributed by atoms with Gasteiger partial charge >= 0.3 is 0 Å². The monoisotopic (exact) mass is 532 g/mol. The average Bonchev–Trinajstić information content (AvgIpc) is 3.20. The zero-order valence-corrected chi connectivity index (χ0v) is 19.8. The van der Waals surface area contributed by atoms with Crippen molar-refractivity contribution in [2.45, 2.75) is 17.4 Å². The SMILES string of the molecule is CNC(CNc1cc(F)c(S(=O)(=O)Nc2nccs2)cc1Cl)Cc1ccc(Br)cc1. The highest BCUT2D eigenvalue weighted by atomic mass is 79.9. The molecule has 0 fully saturated rings. The van der Waals surface area contributed by atoms with Crippen LogP contribution in [0.1, 0.15) is 5.56 Å². The van der Waals surface area contributed by atoms with E-state index in [9.17, 15) is 12.8 Å². The second-order valence-corrected chi connectivity index (χ2v) is 10.3. The minimum atomic E-state index is -4.14. The van der Waals surface area contributed by atoms with Crippen LogP contribution in [0.5, 0.6) is 0 Å². The van der Waals surface area contributed by atoms with Gasteiger partial charge in [0.2, 0.25) is 0 Å². The summed E-state index contributed by atoms with van der Waals surface area (Å²) >= 11 is 10.7. The minimum Gasteiger partial charge on any atom is -0.382 e. The third-order valence-electron chi connectivity index (χ3n) is 4.31. The highest BCUT2D eigenvalue weighted by molar-refractivity contribution is 9.10. The van der Waals surface area contributed by atoms with Crippen LogP contribution in [0.3, 0.4) is 0 Å². The van der Waals surface area contributed by atoms with Gasteiger partial charge in [-0.25, -0.2) is 17.8 Å². The smallest absolute Gasteiger partial charge is 0.266 e. The van der Waals surface area contributed by atoms with Gasteiger partial charge in [-0.15, -0.1) is 11.3 Å². The van der Waals surface area contributed by atoms with E-state index in [1.165, 1.54) is 6.20 Å². The number of sulfonamides is 1. The lowest BCUT2D eigenvalue weighted by molar-refractivity contribution is 0.569. The fraction of sp³-hybridized carbons (Fsp3) is 0.211. The van der Waals surface area contributed by atoms with Gasteiger partial charge < -0.3 is 10.6 Å². The zero-order chi connectivity index (χ0) is 21.7. The minimum absolute atomic E-state index is 0.0558. The van der Waals surface area contributed by atoms with Crippen molar-refractivity contribution in [2.75, 3.05) is 23.6 Å². The molecular formula is C19H19BrClFN4O2S2. The Morgan fingerprint density at radius 1 is 1.27 bits per heavy atom. The molecule has 3 rings (SSSR count). The van der Waals surface area contributed by atoms with Crippen molar-refractivity contribution in [3.05, 3.63) is 68.9 Å². The third kappa shape index (κ3) is 5.92. The molecule has 0 bridgehead atoms. The molecule has 0 saturated heterocycles. The van der Waals surface area contributed by atoms with E-state index in [4.69, 9.17) is 11.6 Å². The van der Waals surface area contributed by atoms with E-state index in [2.05, 4.69) is 36.3 Å². The fourth-order valence-electron chi connectivity index (χ4n) is 2.73. The Morgan fingerprint density at radius 3 is 2.63 bits per heavy atom. The first-order valence-corrected chi connectivity index (χ1v) is 12.4. The van der Waals surface area contributed by atoms with Gasteiger partial charge in [0.15, 0.2) is 5.13 Å². The number of anilines is 2. The molecule has 0 aliphatic rings. The normalized spacial score (nSPS) is 12.5. The van der Waals surface area contributed by atoms with Crippen LogP contribution in [0.4, 0.5) is 15.2 Å². The maximum absolute atomic E-state index is 14.6. The Bertz CT molecular complexity index is 1100. The van der Waals surface area contributed by atoms with Crippen LogP contribution in [-0.2, 0) is 16.4 Å². The van der Waals surface area contributed by atoms with Gasteiger partial charge in [0, 0.05) is 28.6 Å². The van der Waals surface area contributed by atoms with E-state index in [-0.39, 0.29) is 16.2 Å². The predicted molar refractivity (Wildman–Crippen MR) is 124 cm³/mol. The van der Waals surface area contributed by atoms with Crippen LogP contribution < -0.4 is 15.4 Å². The molecule has 1 aromatic heterocycles. The van der Waals surface area contributed by atoms with Crippen LogP contribution in [0.25, 0.3) is 0 Å². The van der Waals surface area contributed by atoms with E-state index < -0.39 is 20.7 Å². The second-order valence-electron chi connectivity index (χ2n) is 6.40. The van der Waals surface area contributed by atoms with E-state index in [1.54, 1.807) is 5.38 Å². The van der Waals surface area contributed by atoms with Crippen molar-refractivity contribution in [3.63, 3.8) is 0 Å². The van der Waals surface area contributed by atoms with Crippen LogP contribution in [0, 0.1) is 5.82 Å². The number of halogens is 3. The maximum Gasteiger partial charge on any atom is 0.266 e. The van der Waals surface area contributed by atoms with Crippen molar-refractivity contribution in [2.24, 2.45) is 0 Å². The molecule has 1 heterocycles. The number of thiazole rings is 1. The van der Waals surface area contributed by atoms with Gasteiger partial charge in [-0.3, -0.25) is 4.72 Å². The van der Waals surface area contributed by atoms with Gasteiger partial charge in [0.25, 0.3) is 10.0 Å². The molecule has 0 radical (unpaired) electrons. The largest absolute Gasteiger partial charge is 0.382 e. The molecule has 1 atom stereocenters. The Labute approximate surface area is 192 Å². The van der Waals surface area contributed by atoms with Crippen LogP contribution in [0.15, 0.2) is 57.3 Å². The van der Waals surface area contributed by atoms with Crippen molar-refractivity contribution >= 4 is 59.7 Å². The number of nitrogens with zero attached hydrogens (tertiary/aromatic N) is 1. The lowest BCUT2D eigenvalue weighted by Crippen LogP contribution is -2.34. The van der Waals surface area contributed by atoms with E-state index in [0.717, 1.165) is 39.9 Å². The lowest BCUT2D eigenvalue weighted by Gasteiger charge is -2.19. The molecule has 11 heteroatoms. The lowest BCUT2D eigenvalue weighted by atomic mass is 10.1. The van der Waals surface area contributed by atoms with Gasteiger partial charge in [0.05, 0.1) is 10.7 Å². The zero-order valence-electron chi connectivity index (χ0n) is 15.8. The molecule has 0 amide bonds. The van der Waals surface area contributed by atoms with Crippen LogP contribution >= 0.6 is 38.9 Å². The number of aromatic nitrogens is 1. The van der Waals surface area contributed by atoms with E-state index in [1.807, 2.05) is 31.3 Å². The van der Waals surface area contributed by atoms with E-state index >= 15 is 0 Å². The van der Waals surface area contributed by atoms with Crippen molar-refractivity contribution in [1.82, 2.24) is 10.3 Å². The Morgan fingerprint density at radius 2 is 2.00 bits per heavy atom. The summed E-state index contributed by atoms with van der Waals surface area (Å²) in [6.45, 7) is 0.467. The van der Waals surface area contributed by atoms with E-state index in [0.29, 0.717) is 12.2 Å². The summed E-state index contributed by atoms with van der Waals surface area (Å²) in [6, 6.07) is 10.2. The van der Waals surface area contributed by atoms with Gasteiger partial charge in [-0.05, 0) is 43.3 Å². The molecule has 3 N–H and O–H groups in total. The number of rotatable bonds is 9. The molecule has 2 aromatic carbocycles. The average molecular weight is 534 g/mol. The molecule has 0 aliphatic carbocycles. The van der Waals surface area contributed by atoms with Gasteiger partial charge in [0.1, 0.15) is 10.7 Å². The summed E-state index contributed by atoms with van der Waals surface area (Å²) in [5.74, 6) is -0.903. The molecule has 6 nitrogen and oxygen atoms in total. The topological polar surface area (TPSA) is 83.1 Å². The predicted octanol–water partition coefficient (Wildman–Crippen LogP) is 4.74. The Hall–Kier alpha value is -1.72. The van der Waals surface area contributed by atoms with Crippen molar-refractivity contribution in [3.8, 4) is 0 Å². The first-order valence-electron chi connectivity index (χ1n) is 8.85. The highest BCUT2D eigenvalue weighted by Crippen LogP contribution is 2.29.